The van der Waals surface area contributed by atoms with Gasteiger partial charge in [0.2, 0.25) is 0 Å². The molecule has 1 heteroatoms. The maximum atomic E-state index is 4.15. The predicted octanol–water partition coefficient (Wildman–Crippen LogP) is 1.74. The highest BCUT2D eigenvalue weighted by Crippen LogP contribution is 2.19. The van der Waals surface area contributed by atoms with Crippen LogP contribution in [0.1, 0.15) is 11.1 Å². The van der Waals surface area contributed by atoms with Crippen LogP contribution in [0.4, 0.5) is 0 Å². The molecule has 0 spiro atoms. The van der Waals surface area contributed by atoms with Crippen molar-refractivity contribution in [2.45, 2.75) is 0 Å². The van der Waals surface area contributed by atoms with Crippen LogP contribution in [0, 0.1) is 0 Å². The van der Waals surface area contributed by atoms with E-state index in [1.165, 1.54) is 16.3 Å². The zero-order valence-electron chi connectivity index (χ0n) is 8.90. The highest BCUT2D eigenvalue weighted by Gasteiger charge is 2.00. The number of hydrogen-bond acceptors (Lipinski definition) is 0. The van der Waals surface area contributed by atoms with E-state index in [0.29, 0.717) is 0 Å². The van der Waals surface area contributed by atoms with Gasteiger partial charge in [0.15, 0.2) is 0 Å². The molecule has 15 heavy (non-hydrogen) atoms. The molecule has 0 atom stereocenters. The Balaban J connectivity index is 2.37. The van der Waals surface area contributed by atoms with Gasteiger partial charge in [-0.15, -0.1) is 0 Å². The lowest BCUT2D eigenvalue weighted by molar-refractivity contribution is 1.57. The smallest absolute Gasteiger partial charge is 0.0385 e. The minimum Gasteiger partial charge on any atom is -0.0906 e. The fourth-order valence-electron chi connectivity index (χ4n) is 1.64. The van der Waals surface area contributed by atoms with E-state index in [4.69, 9.17) is 0 Å². The van der Waals surface area contributed by atoms with Gasteiger partial charge in [-0.1, -0.05) is 66.4 Å². The SMILES string of the molecule is C=C(c1ccccc1)c1cccc([SiH3])c1. The fraction of sp³-hybridized carbons (Fsp3) is 0. The van der Waals surface area contributed by atoms with Crippen LogP contribution < -0.4 is 5.19 Å². The monoisotopic (exact) mass is 210 g/mol. The van der Waals surface area contributed by atoms with Gasteiger partial charge in [-0.25, -0.2) is 0 Å². The summed E-state index contributed by atoms with van der Waals surface area (Å²) in [5.41, 5.74) is 3.53. The number of rotatable bonds is 2. The molecule has 0 nitrogen and oxygen atoms in total. The van der Waals surface area contributed by atoms with Crippen molar-refractivity contribution >= 4 is 21.0 Å². The van der Waals surface area contributed by atoms with Crippen LogP contribution in [0.15, 0.2) is 61.2 Å². The first-order valence-corrected chi connectivity index (χ1v) is 6.09. The maximum Gasteiger partial charge on any atom is 0.0385 e. The molecule has 0 saturated carbocycles. The van der Waals surface area contributed by atoms with Crippen LogP contribution in [-0.4, -0.2) is 10.2 Å². The van der Waals surface area contributed by atoms with Gasteiger partial charge in [0.1, 0.15) is 0 Å². The lowest BCUT2D eigenvalue weighted by Gasteiger charge is -2.06. The zero-order valence-corrected chi connectivity index (χ0v) is 10.9. The summed E-state index contributed by atoms with van der Waals surface area (Å²) in [6, 6.07) is 18.9. The average Bonchev–Trinajstić information content (AvgIpc) is 2.29. The Hall–Kier alpha value is -1.60. The first kappa shape index (κ1) is 9.93. The molecular weight excluding hydrogens is 196 g/mol. The molecule has 0 radical (unpaired) electrons. The van der Waals surface area contributed by atoms with Crippen LogP contribution >= 0.6 is 0 Å². The van der Waals surface area contributed by atoms with Crippen molar-refractivity contribution in [1.29, 1.82) is 0 Å². The Kier molecular flexibility index (Phi) is 2.83. The van der Waals surface area contributed by atoms with Gasteiger partial charge in [-0.3, -0.25) is 0 Å². The molecule has 2 rings (SSSR count). The molecule has 0 aliphatic carbocycles. The van der Waals surface area contributed by atoms with Gasteiger partial charge < -0.3 is 0 Å². The first-order valence-electron chi connectivity index (χ1n) is 5.09. The predicted molar refractivity (Wildman–Crippen MR) is 70.6 cm³/mol. The molecule has 0 fully saturated rings. The summed E-state index contributed by atoms with van der Waals surface area (Å²) >= 11 is 0. The van der Waals surface area contributed by atoms with Crippen molar-refractivity contribution in [3.8, 4) is 0 Å². The van der Waals surface area contributed by atoms with Gasteiger partial charge in [-0.2, -0.15) is 0 Å². The van der Waals surface area contributed by atoms with Crippen LogP contribution in [0.25, 0.3) is 5.57 Å². The first-order chi connectivity index (χ1) is 7.27. The third-order valence-corrected chi connectivity index (χ3v) is 3.11. The third-order valence-electron chi connectivity index (χ3n) is 2.49. The van der Waals surface area contributed by atoms with E-state index in [1.54, 1.807) is 0 Å². The Morgan fingerprint density at radius 1 is 0.867 bits per heavy atom. The van der Waals surface area contributed by atoms with Crippen LogP contribution in [0.3, 0.4) is 0 Å². The third kappa shape index (κ3) is 2.25. The average molecular weight is 210 g/mol. The summed E-state index contributed by atoms with van der Waals surface area (Å²) in [4.78, 5) is 0. The summed E-state index contributed by atoms with van der Waals surface area (Å²) in [6.07, 6.45) is 0. The minimum atomic E-state index is 1.09. The van der Waals surface area contributed by atoms with Crippen molar-refractivity contribution in [2.75, 3.05) is 0 Å². The molecule has 0 aliphatic rings. The molecule has 74 valence electrons. The second kappa shape index (κ2) is 4.28. The molecule has 0 N–H and O–H groups in total. The largest absolute Gasteiger partial charge is 0.0906 e. The maximum absolute atomic E-state index is 4.15. The van der Waals surface area contributed by atoms with Crippen molar-refractivity contribution in [1.82, 2.24) is 0 Å². The van der Waals surface area contributed by atoms with Crippen LogP contribution in [0.2, 0.25) is 0 Å². The Bertz CT molecular complexity index is 472. The molecule has 0 heterocycles. The van der Waals surface area contributed by atoms with E-state index in [9.17, 15) is 0 Å². The summed E-state index contributed by atoms with van der Waals surface area (Å²) in [5, 5.41) is 1.41. The topological polar surface area (TPSA) is 0 Å². The van der Waals surface area contributed by atoms with Crippen LogP contribution in [0.5, 0.6) is 0 Å². The minimum absolute atomic E-state index is 1.09. The lowest BCUT2D eigenvalue weighted by Crippen LogP contribution is -2.01. The Morgan fingerprint density at radius 3 is 2.20 bits per heavy atom. The molecule has 2 aromatic carbocycles. The van der Waals surface area contributed by atoms with Gasteiger partial charge in [-0.05, 0) is 16.7 Å². The summed E-state index contributed by atoms with van der Waals surface area (Å²) < 4.78 is 0. The highest BCUT2D eigenvalue weighted by molar-refractivity contribution is 6.32. The molecule has 0 unspecified atom stereocenters. The Labute approximate surface area is 93.7 Å². The summed E-state index contributed by atoms with van der Waals surface area (Å²) in [6.45, 7) is 4.15. The molecular formula is C14H14Si. The van der Waals surface area contributed by atoms with Crippen molar-refractivity contribution in [3.05, 3.63) is 72.3 Å². The van der Waals surface area contributed by atoms with Gasteiger partial charge in [0.05, 0.1) is 0 Å². The summed E-state index contributed by atoms with van der Waals surface area (Å²) in [7, 11) is 1.09. The molecule has 0 saturated heterocycles. The van der Waals surface area contributed by atoms with Gasteiger partial charge >= 0.3 is 0 Å². The molecule has 0 bridgehead atoms. The van der Waals surface area contributed by atoms with E-state index in [2.05, 4.69) is 43.0 Å². The number of hydrogen-bond donors (Lipinski definition) is 0. The number of benzene rings is 2. The molecule has 0 amide bonds. The Morgan fingerprint density at radius 2 is 1.53 bits per heavy atom. The quantitative estimate of drug-likeness (QED) is 0.662. The van der Waals surface area contributed by atoms with Crippen LogP contribution in [-0.2, 0) is 0 Å². The molecule has 0 aliphatic heterocycles. The van der Waals surface area contributed by atoms with E-state index in [-0.39, 0.29) is 0 Å². The van der Waals surface area contributed by atoms with E-state index >= 15 is 0 Å². The van der Waals surface area contributed by atoms with Gasteiger partial charge in [0.25, 0.3) is 0 Å². The van der Waals surface area contributed by atoms with Crippen molar-refractivity contribution in [2.24, 2.45) is 0 Å². The lowest BCUT2D eigenvalue weighted by atomic mass is 10.00. The zero-order chi connectivity index (χ0) is 10.7. The van der Waals surface area contributed by atoms with Crippen molar-refractivity contribution < 1.29 is 0 Å². The second-order valence-corrected chi connectivity index (χ2v) is 4.87. The van der Waals surface area contributed by atoms with Gasteiger partial charge in [0, 0.05) is 10.2 Å². The van der Waals surface area contributed by atoms with E-state index in [1.807, 2.05) is 18.2 Å². The van der Waals surface area contributed by atoms with Crippen molar-refractivity contribution in [3.63, 3.8) is 0 Å². The molecule has 0 aromatic heterocycles. The van der Waals surface area contributed by atoms with E-state index in [0.717, 1.165) is 15.8 Å². The molecule has 2 aromatic rings. The highest BCUT2D eigenvalue weighted by atomic mass is 28.1. The normalized spacial score (nSPS) is 10.1. The standard InChI is InChI=1S/C14H14Si/c1-11(12-6-3-2-4-7-12)13-8-5-9-14(15)10-13/h2-10H,1H2,15H3. The summed E-state index contributed by atoms with van der Waals surface area (Å²) in [5.74, 6) is 0. The second-order valence-electron chi connectivity index (χ2n) is 3.71. The van der Waals surface area contributed by atoms with E-state index < -0.39 is 0 Å². The fourth-order valence-corrected chi connectivity index (χ4v) is 2.14.